The lowest BCUT2D eigenvalue weighted by Gasteiger charge is -2.28. The highest BCUT2D eigenvalue weighted by molar-refractivity contribution is 7.15. The van der Waals surface area contributed by atoms with Crippen molar-refractivity contribution in [2.45, 2.75) is 59.0 Å². The number of amides is 1. The molecule has 1 amide bonds. The number of nitrogens with zero attached hydrogens (tertiary/aromatic N) is 7. The molecule has 2 aliphatic rings. The molecular formula is C39H38ClN7O4S. The van der Waals surface area contributed by atoms with Crippen LogP contribution >= 0.6 is 22.9 Å². The molecule has 0 radical (unpaired) electrons. The van der Waals surface area contributed by atoms with Crippen LogP contribution in [-0.4, -0.2) is 67.7 Å². The van der Waals surface area contributed by atoms with Crippen LogP contribution in [0.2, 0.25) is 5.02 Å². The maximum absolute atomic E-state index is 14.0. The average molecular weight is 736 g/mol. The lowest BCUT2D eigenvalue weighted by molar-refractivity contribution is -0.143. The number of hydrogen-bond acceptors (Lipinski definition) is 10. The van der Waals surface area contributed by atoms with Crippen LogP contribution < -0.4 is 0 Å². The number of carbonyl (C=O) groups is 2. The Balaban J connectivity index is 1.11. The SMILES string of the molecule is CCOC(=O)CCCCO/N=C(\c1ccc(C(=O)N2CCc3c(sc4c3C(c3ccccc3Cl)=NC(C)c3nnc(C)n3-4)C2)cc1)c1cccnc1. The number of ether oxygens (including phenoxy) is 1. The summed E-state index contributed by atoms with van der Waals surface area (Å²) in [4.78, 5) is 43.7. The average Bonchev–Trinajstić information content (AvgIpc) is 3.70. The van der Waals surface area contributed by atoms with E-state index >= 15 is 0 Å². The van der Waals surface area contributed by atoms with Crippen molar-refractivity contribution in [1.82, 2.24) is 24.6 Å². The van der Waals surface area contributed by atoms with E-state index in [1.165, 1.54) is 5.56 Å². The van der Waals surface area contributed by atoms with Crippen molar-refractivity contribution in [3.63, 3.8) is 0 Å². The Hall–Kier alpha value is -5.20. The van der Waals surface area contributed by atoms with Crippen molar-refractivity contribution >= 4 is 46.2 Å². The number of pyridine rings is 1. The molecule has 0 saturated heterocycles. The van der Waals surface area contributed by atoms with Gasteiger partial charge in [-0.25, -0.2) is 0 Å². The molecule has 13 heteroatoms. The number of rotatable bonds is 11. The van der Waals surface area contributed by atoms with Crippen LogP contribution in [0.1, 0.15) is 93.9 Å². The first kappa shape index (κ1) is 35.2. The second kappa shape index (κ2) is 15.6. The minimum atomic E-state index is -0.217. The number of halogens is 1. The van der Waals surface area contributed by atoms with Gasteiger partial charge >= 0.3 is 5.97 Å². The molecule has 0 N–H and O–H groups in total. The number of thiophene rings is 1. The molecule has 5 aromatic rings. The van der Waals surface area contributed by atoms with Gasteiger partial charge in [-0.2, -0.15) is 0 Å². The third-order valence-corrected chi connectivity index (χ3v) is 10.6. The van der Waals surface area contributed by atoms with Crippen LogP contribution in [0.5, 0.6) is 0 Å². The molecule has 2 aliphatic heterocycles. The van der Waals surface area contributed by atoms with E-state index in [0.717, 1.165) is 49.5 Å². The van der Waals surface area contributed by atoms with E-state index < -0.39 is 0 Å². The molecule has 3 aromatic heterocycles. The first-order valence-corrected chi connectivity index (χ1v) is 18.6. The summed E-state index contributed by atoms with van der Waals surface area (Å²) in [7, 11) is 0. The summed E-state index contributed by atoms with van der Waals surface area (Å²) in [6.45, 7) is 7.54. The number of unbranched alkanes of at least 4 members (excludes halogenated alkanes) is 1. The topological polar surface area (TPSA) is 124 Å². The lowest BCUT2D eigenvalue weighted by atomic mass is 9.95. The normalized spacial score (nSPS) is 15.2. The predicted octanol–water partition coefficient (Wildman–Crippen LogP) is 7.30. The first-order chi connectivity index (χ1) is 25.3. The molecule has 52 heavy (non-hydrogen) atoms. The van der Waals surface area contributed by atoms with Gasteiger partial charge in [0, 0.05) is 63.1 Å². The standard InChI is InChI=1S/C39H38ClN7O4S/c1-4-50-33(48)13-7-8-21-51-45-35(28-10-9-19-41-22-28)26-14-16-27(17-15-26)38(49)46-20-18-30-32(23-46)52-39-34(30)36(29-11-5-6-12-31(29)40)42-24(2)37-44-43-25(3)47(37)39/h5-6,9-12,14-17,19,22,24H,4,7-8,13,18,20-21,23H2,1-3H3/b45-35+. The highest BCUT2D eigenvalue weighted by Crippen LogP contribution is 2.42. The van der Waals surface area contributed by atoms with E-state index in [9.17, 15) is 9.59 Å². The summed E-state index contributed by atoms with van der Waals surface area (Å²) < 4.78 is 7.10. The van der Waals surface area contributed by atoms with Gasteiger partial charge in [-0.3, -0.25) is 24.1 Å². The molecule has 0 aliphatic carbocycles. The Bertz CT molecular complexity index is 2160. The Labute approximate surface area is 311 Å². The van der Waals surface area contributed by atoms with Crippen LogP contribution in [-0.2, 0) is 27.3 Å². The highest BCUT2D eigenvalue weighted by atomic mass is 35.5. The van der Waals surface area contributed by atoms with Gasteiger partial charge in [-0.15, -0.1) is 21.5 Å². The van der Waals surface area contributed by atoms with Crippen molar-refractivity contribution in [2.24, 2.45) is 10.1 Å². The molecule has 0 spiro atoms. The number of aliphatic imine (C=N–C) groups is 1. The van der Waals surface area contributed by atoms with Gasteiger partial charge in [0.15, 0.2) is 5.82 Å². The van der Waals surface area contributed by atoms with E-state index in [0.29, 0.717) is 68.3 Å². The van der Waals surface area contributed by atoms with Gasteiger partial charge < -0.3 is 14.5 Å². The van der Waals surface area contributed by atoms with E-state index in [-0.39, 0.29) is 17.9 Å². The molecule has 1 atom stereocenters. The van der Waals surface area contributed by atoms with E-state index in [1.807, 2.05) is 79.4 Å². The smallest absolute Gasteiger partial charge is 0.305 e. The summed E-state index contributed by atoms with van der Waals surface area (Å²) in [6.07, 6.45) is 5.76. The Morgan fingerprint density at radius 3 is 2.60 bits per heavy atom. The van der Waals surface area contributed by atoms with E-state index in [1.54, 1.807) is 30.7 Å². The quantitative estimate of drug-likeness (QED) is 0.0604. The van der Waals surface area contributed by atoms with Crippen molar-refractivity contribution in [3.8, 4) is 5.00 Å². The molecule has 0 saturated carbocycles. The van der Waals surface area contributed by atoms with Gasteiger partial charge in [0.25, 0.3) is 5.91 Å². The van der Waals surface area contributed by atoms with Crippen LogP contribution in [0, 0.1) is 6.92 Å². The second-order valence-corrected chi connectivity index (χ2v) is 14.1. The molecule has 0 fully saturated rings. The zero-order valence-corrected chi connectivity index (χ0v) is 30.8. The Morgan fingerprint density at radius 2 is 1.83 bits per heavy atom. The summed E-state index contributed by atoms with van der Waals surface area (Å²) in [5.41, 5.74) is 6.72. The zero-order valence-electron chi connectivity index (χ0n) is 29.2. The first-order valence-electron chi connectivity index (χ1n) is 17.4. The van der Waals surface area contributed by atoms with Crippen LogP contribution in [0.3, 0.4) is 0 Å². The largest absolute Gasteiger partial charge is 0.466 e. The predicted molar refractivity (Wildman–Crippen MR) is 201 cm³/mol. The summed E-state index contributed by atoms with van der Waals surface area (Å²) >= 11 is 8.42. The Kier molecular flexibility index (Phi) is 10.6. The van der Waals surface area contributed by atoms with Crippen molar-refractivity contribution in [3.05, 3.63) is 128 Å². The molecule has 11 nitrogen and oxygen atoms in total. The second-order valence-electron chi connectivity index (χ2n) is 12.6. The van der Waals surface area contributed by atoms with E-state index in [4.69, 9.17) is 26.2 Å². The summed E-state index contributed by atoms with van der Waals surface area (Å²) in [6, 6.07) is 18.8. The highest BCUT2D eigenvalue weighted by Gasteiger charge is 2.35. The minimum Gasteiger partial charge on any atom is -0.466 e. The van der Waals surface area contributed by atoms with Crippen LogP contribution in [0.4, 0.5) is 0 Å². The third kappa shape index (κ3) is 7.13. The Morgan fingerprint density at radius 1 is 1.02 bits per heavy atom. The van der Waals surface area contributed by atoms with Gasteiger partial charge in [0.2, 0.25) is 0 Å². The zero-order chi connectivity index (χ0) is 36.2. The van der Waals surface area contributed by atoms with Crippen molar-refractivity contribution in [2.75, 3.05) is 19.8 Å². The van der Waals surface area contributed by atoms with Gasteiger partial charge in [0.1, 0.15) is 29.2 Å². The third-order valence-electron chi connectivity index (χ3n) is 9.11. The minimum absolute atomic E-state index is 0.0479. The summed E-state index contributed by atoms with van der Waals surface area (Å²) in [5.74, 6) is 1.31. The van der Waals surface area contributed by atoms with Crippen molar-refractivity contribution < 1.29 is 19.2 Å². The fourth-order valence-electron chi connectivity index (χ4n) is 6.55. The number of esters is 1. The van der Waals surface area contributed by atoms with Crippen LogP contribution in [0.25, 0.3) is 5.00 Å². The van der Waals surface area contributed by atoms with Gasteiger partial charge in [-0.05, 0) is 75.9 Å². The number of aryl methyl sites for hydroxylation is 1. The number of aromatic nitrogens is 4. The fraction of sp³-hybridized carbons (Fsp3) is 0.308. The molecular weight excluding hydrogens is 698 g/mol. The molecule has 1 unspecified atom stereocenters. The van der Waals surface area contributed by atoms with Gasteiger partial charge in [-0.1, -0.05) is 47.1 Å². The lowest BCUT2D eigenvalue weighted by Crippen LogP contribution is -2.35. The fourth-order valence-corrected chi connectivity index (χ4v) is 8.19. The number of carbonyl (C=O) groups excluding carboxylic acids is 2. The molecule has 2 aromatic carbocycles. The number of oxime groups is 1. The number of fused-ring (bicyclic) bond motifs is 5. The molecule has 5 heterocycles. The maximum Gasteiger partial charge on any atom is 0.305 e. The van der Waals surface area contributed by atoms with Crippen LogP contribution in [0.15, 0.2) is 83.2 Å². The molecule has 0 bridgehead atoms. The monoisotopic (exact) mass is 735 g/mol. The maximum atomic E-state index is 14.0. The summed E-state index contributed by atoms with van der Waals surface area (Å²) in [5, 5.41) is 15.0. The van der Waals surface area contributed by atoms with E-state index in [2.05, 4.69) is 24.9 Å². The molecule has 7 rings (SSSR count). The number of hydrogen-bond donors (Lipinski definition) is 0. The van der Waals surface area contributed by atoms with Crippen molar-refractivity contribution in [1.29, 1.82) is 0 Å². The molecule has 266 valence electrons. The number of benzene rings is 2. The van der Waals surface area contributed by atoms with Gasteiger partial charge in [0.05, 0.1) is 18.9 Å².